The summed E-state index contributed by atoms with van der Waals surface area (Å²) in [6.07, 6.45) is -0.182. The largest absolute Gasteiger partial charge is 0.373 e. The van der Waals surface area contributed by atoms with Crippen molar-refractivity contribution in [1.29, 1.82) is 0 Å². The maximum Gasteiger partial charge on any atom is 0.295 e. The van der Waals surface area contributed by atoms with Gasteiger partial charge in [-0.2, -0.15) is 0 Å². The molecule has 0 radical (unpaired) electrons. The van der Waals surface area contributed by atoms with Crippen molar-refractivity contribution in [2.24, 2.45) is 5.73 Å². The van der Waals surface area contributed by atoms with Gasteiger partial charge in [0.15, 0.2) is 0 Å². The lowest BCUT2D eigenvalue weighted by molar-refractivity contribution is -0.384. The summed E-state index contributed by atoms with van der Waals surface area (Å²) < 4.78 is 18.6. The van der Waals surface area contributed by atoms with Crippen molar-refractivity contribution in [1.82, 2.24) is 0 Å². The molecule has 1 saturated heterocycles. The topological polar surface area (TPSA) is 81.6 Å². The Morgan fingerprint density at radius 3 is 3.00 bits per heavy atom. The van der Waals surface area contributed by atoms with Gasteiger partial charge in [0.2, 0.25) is 0 Å². The molecule has 6 nitrogen and oxygen atoms in total. The first kappa shape index (κ1) is 13.7. The van der Waals surface area contributed by atoms with Crippen LogP contribution in [0.3, 0.4) is 0 Å². The average Bonchev–Trinajstić information content (AvgIpc) is 2.38. The van der Waals surface area contributed by atoms with Gasteiger partial charge in [-0.05, 0) is 19.1 Å². The summed E-state index contributed by atoms with van der Waals surface area (Å²) >= 11 is 0. The van der Waals surface area contributed by atoms with E-state index in [1.807, 2.05) is 11.8 Å². The van der Waals surface area contributed by atoms with Crippen molar-refractivity contribution >= 4 is 11.4 Å². The zero-order chi connectivity index (χ0) is 14.0. The van der Waals surface area contributed by atoms with E-state index in [0.717, 1.165) is 6.07 Å². The van der Waals surface area contributed by atoms with Gasteiger partial charge in [-0.25, -0.2) is 4.39 Å². The first-order valence-corrected chi connectivity index (χ1v) is 6.05. The molecule has 1 aliphatic rings. The Morgan fingerprint density at radius 2 is 2.37 bits per heavy atom. The van der Waals surface area contributed by atoms with E-state index in [1.165, 1.54) is 12.1 Å². The first-order valence-electron chi connectivity index (χ1n) is 6.05. The summed E-state index contributed by atoms with van der Waals surface area (Å²) in [5.74, 6) is -0.618. The molecule has 0 aromatic heterocycles. The van der Waals surface area contributed by atoms with Gasteiger partial charge in [0.05, 0.1) is 23.7 Å². The summed E-state index contributed by atoms with van der Waals surface area (Å²) in [5, 5.41) is 11.0. The molecule has 0 bridgehead atoms. The zero-order valence-corrected chi connectivity index (χ0v) is 10.6. The second-order valence-electron chi connectivity index (χ2n) is 4.60. The summed E-state index contributed by atoms with van der Waals surface area (Å²) in [6, 6.07) is 3.42. The number of hydrogen-bond donors (Lipinski definition) is 1. The molecule has 0 aliphatic carbocycles. The van der Waals surface area contributed by atoms with Crippen LogP contribution in [0.25, 0.3) is 0 Å². The molecule has 1 aromatic rings. The normalized spacial score (nSPS) is 21.2. The van der Waals surface area contributed by atoms with E-state index in [4.69, 9.17) is 10.5 Å². The number of benzene rings is 1. The van der Waals surface area contributed by atoms with Gasteiger partial charge in [0.1, 0.15) is 11.5 Å². The van der Waals surface area contributed by atoms with Crippen molar-refractivity contribution in [3.63, 3.8) is 0 Å². The molecule has 7 heteroatoms. The fourth-order valence-electron chi connectivity index (χ4n) is 2.12. The highest BCUT2D eigenvalue weighted by atomic mass is 19.1. The van der Waals surface area contributed by atoms with Gasteiger partial charge in [0.25, 0.3) is 5.69 Å². The molecular formula is C12H16FN3O3. The maximum atomic E-state index is 13.1. The molecule has 0 amide bonds. The molecule has 1 aliphatic heterocycles. The lowest BCUT2D eigenvalue weighted by atomic mass is 10.1. The molecule has 1 aromatic carbocycles. The number of halogens is 1. The third-order valence-corrected chi connectivity index (χ3v) is 3.15. The number of nitro groups is 1. The van der Waals surface area contributed by atoms with E-state index < -0.39 is 10.7 Å². The molecule has 2 rings (SSSR count). The molecule has 2 atom stereocenters. The highest BCUT2D eigenvalue weighted by Gasteiger charge is 2.28. The highest BCUT2D eigenvalue weighted by Crippen LogP contribution is 2.30. The Balaban J connectivity index is 2.28. The number of morpholine rings is 1. The van der Waals surface area contributed by atoms with Crippen LogP contribution in [0, 0.1) is 15.9 Å². The van der Waals surface area contributed by atoms with Crippen LogP contribution in [0.1, 0.15) is 6.92 Å². The fourth-order valence-corrected chi connectivity index (χ4v) is 2.12. The number of nitrogens with zero attached hydrogens (tertiary/aromatic N) is 2. The molecule has 0 saturated carbocycles. The van der Waals surface area contributed by atoms with Gasteiger partial charge in [-0.3, -0.25) is 10.1 Å². The van der Waals surface area contributed by atoms with Crippen LogP contribution in [0.2, 0.25) is 0 Å². The summed E-state index contributed by atoms with van der Waals surface area (Å²) in [4.78, 5) is 12.2. The third kappa shape index (κ3) is 2.99. The van der Waals surface area contributed by atoms with E-state index in [-0.39, 0.29) is 17.8 Å². The van der Waals surface area contributed by atoms with Crippen LogP contribution in [0.15, 0.2) is 18.2 Å². The quantitative estimate of drug-likeness (QED) is 0.660. The number of rotatable bonds is 3. The van der Waals surface area contributed by atoms with Crippen molar-refractivity contribution in [3.05, 3.63) is 34.1 Å². The smallest absolute Gasteiger partial charge is 0.295 e. The molecule has 104 valence electrons. The predicted molar refractivity (Wildman–Crippen MR) is 68.7 cm³/mol. The van der Waals surface area contributed by atoms with E-state index in [9.17, 15) is 14.5 Å². The lowest BCUT2D eigenvalue weighted by Crippen LogP contribution is -2.49. The highest BCUT2D eigenvalue weighted by molar-refractivity contribution is 5.63. The minimum Gasteiger partial charge on any atom is -0.373 e. The Labute approximate surface area is 110 Å². The maximum absolute atomic E-state index is 13.1. The van der Waals surface area contributed by atoms with Crippen molar-refractivity contribution in [2.45, 2.75) is 19.1 Å². The van der Waals surface area contributed by atoms with E-state index in [1.54, 1.807) is 0 Å². The first-order chi connectivity index (χ1) is 8.99. The second kappa shape index (κ2) is 5.50. The van der Waals surface area contributed by atoms with Crippen LogP contribution >= 0.6 is 0 Å². The van der Waals surface area contributed by atoms with Gasteiger partial charge >= 0.3 is 0 Å². The number of hydrogen-bond acceptors (Lipinski definition) is 5. The predicted octanol–water partition coefficient (Wildman–Crippen LogP) is 1.29. The van der Waals surface area contributed by atoms with Crippen molar-refractivity contribution in [2.75, 3.05) is 24.6 Å². The lowest BCUT2D eigenvalue weighted by Gasteiger charge is -2.35. The molecule has 2 N–H and O–H groups in total. The molecule has 1 heterocycles. The Hall–Kier alpha value is -1.73. The Morgan fingerprint density at radius 1 is 1.63 bits per heavy atom. The number of nitrogens with two attached hydrogens (primary N) is 1. The summed E-state index contributed by atoms with van der Waals surface area (Å²) in [6.45, 7) is 3.26. The van der Waals surface area contributed by atoms with E-state index >= 15 is 0 Å². The van der Waals surface area contributed by atoms with Crippen LogP contribution in [-0.2, 0) is 4.74 Å². The number of nitro benzene ring substituents is 1. The second-order valence-corrected chi connectivity index (χ2v) is 4.60. The van der Waals surface area contributed by atoms with Gasteiger partial charge in [0, 0.05) is 19.1 Å². The standard InChI is InChI=1S/C12H16FN3O3/c1-8(14)12-7-15(4-5-19-12)10-3-2-9(13)6-11(10)16(17)18/h2-3,6,8,12H,4-5,7,14H2,1H3. The Bertz CT molecular complexity index is 481. The van der Waals surface area contributed by atoms with Crippen LogP contribution in [-0.4, -0.2) is 36.8 Å². The monoisotopic (exact) mass is 269 g/mol. The van der Waals surface area contributed by atoms with Gasteiger partial charge < -0.3 is 15.4 Å². The van der Waals surface area contributed by atoms with Crippen LogP contribution in [0.5, 0.6) is 0 Å². The average molecular weight is 269 g/mol. The number of anilines is 1. The van der Waals surface area contributed by atoms with Gasteiger partial charge in [-0.15, -0.1) is 0 Å². The SMILES string of the molecule is CC(N)C1CN(c2ccc(F)cc2[N+](=O)[O-])CCO1. The van der Waals surface area contributed by atoms with Gasteiger partial charge in [-0.1, -0.05) is 0 Å². The molecule has 1 fully saturated rings. The molecule has 19 heavy (non-hydrogen) atoms. The van der Waals surface area contributed by atoms with E-state index in [2.05, 4.69) is 0 Å². The minimum atomic E-state index is -0.618. The van der Waals surface area contributed by atoms with Crippen molar-refractivity contribution in [3.8, 4) is 0 Å². The van der Waals surface area contributed by atoms with E-state index in [0.29, 0.717) is 25.4 Å². The summed E-state index contributed by atoms with van der Waals surface area (Å²) in [5.41, 5.74) is 5.96. The summed E-state index contributed by atoms with van der Waals surface area (Å²) in [7, 11) is 0. The Kier molecular flexibility index (Phi) is 3.96. The number of ether oxygens (including phenoxy) is 1. The minimum absolute atomic E-state index is 0.165. The van der Waals surface area contributed by atoms with Crippen LogP contribution in [0.4, 0.5) is 15.8 Å². The van der Waals surface area contributed by atoms with Crippen molar-refractivity contribution < 1.29 is 14.1 Å². The molecule has 0 spiro atoms. The zero-order valence-electron chi connectivity index (χ0n) is 10.6. The molecular weight excluding hydrogens is 253 g/mol. The molecule has 2 unspecified atom stereocenters. The fraction of sp³-hybridized carbons (Fsp3) is 0.500. The van der Waals surface area contributed by atoms with Crippen LogP contribution < -0.4 is 10.6 Å². The third-order valence-electron chi connectivity index (χ3n) is 3.15.